The Morgan fingerprint density at radius 1 is 0.864 bits per heavy atom. The summed E-state index contributed by atoms with van der Waals surface area (Å²) in [5, 5.41) is 9.68. The molecule has 0 aliphatic carbocycles. The Morgan fingerprint density at radius 3 is 2.00 bits per heavy atom. The van der Waals surface area contributed by atoms with Crippen LogP contribution in [0, 0.1) is 0 Å². The van der Waals surface area contributed by atoms with Crippen molar-refractivity contribution in [1.29, 1.82) is 0 Å². The number of hydrogen-bond acceptors (Lipinski definition) is 2. The summed E-state index contributed by atoms with van der Waals surface area (Å²) in [5.74, 6) is 0. The van der Waals surface area contributed by atoms with Gasteiger partial charge in [0.25, 0.3) is 0 Å². The first-order valence-electron chi connectivity index (χ1n) is 7.41. The molecule has 0 unspecified atom stereocenters. The maximum absolute atomic E-state index is 3.91. The van der Waals surface area contributed by atoms with Crippen LogP contribution in [0.2, 0.25) is 0 Å². The fourth-order valence-corrected chi connectivity index (χ4v) is 3.02. The topological polar surface area (TPSA) is 27.1 Å². The number of benzene rings is 3. The molecule has 0 saturated carbocycles. The number of hydrogen-bond donors (Lipinski definition) is 2. The Morgan fingerprint density at radius 2 is 1.45 bits per heavy atom. The van der Waals surface area contributed by atoms with Crippen molar-refractivity contribution in [3.05, 3.63) is 66.2 Å². The molecule has 0 amide bonds. The van der Waals surface area contributed by atoms with E-state index in [-0.39, 0.29) is 6.17 Å². The predicted molar refractivity (Wildman–Crippen MR) is 93.3 cm³/mol. The molecule has 0 saturated heterocycles. The Bertz CT molecular complexity index is 825. The number of nitrogens with one attached hydrogen (secondary N) is 2. The van der Waals surface area contributed by atoms with E-state index >= 15 is 0 Å². The van der Waals surface area contributed by atoms with E-state index in [1.54, 1.807) is 0 Å². The molecule has 108 valence electrons. The second-order valence-corrected chi connectivity index (χ2v) is 5.72. The first-order valence-corrected chi connectivity index (χ1v) is 7.41. The molecule has 4 rings (SSSR count). The number of rotatable bonds is 2. The standard InChI is InChI=1S/C19H18N3/c1-22(2)15-11-9-14(10-12-15)19-20-16-7-3-5-13-6-4-8-17(21-19)18(13)16/h3-12,19-21H,1H2,2H3/q+1. The van der Waals surface area contributed by atoms with Crippen molar-refractivity contribution in [2.24, 2.45) is 0 Å². The highest BCUT2D eigenvalue weighted by atomic mass is 15.1. The first-order chi connectivity index (χ1) is 10.7. The second-order valence-electron chi connectivity index (χ2n) is 5.72. The van der Waals surface area contributed by atoms with Crippen LogP contribution < -0.4 is 10.6 Å². The Labute approximate surface area is 129 Å². The highest BCUT2D eigenvalue weighted by molar-refractivity contribution is 6.04. The lowest BCUT2D eigenvalue weighted by molar-refractivity contribution is -0.394. The average Bonchev–Trinajstić information content (AvgIpc) is 2.55. The first kappa shape index (κ1) is 12.9. The largest absolute Gasteiger partial charge is 0.361 e. The lowest BCUT2D eigenvalue weighted by Crippen LogP contribution is -2.23. The van der Waals surface area contributed by atoms with Gasteiger partial charge in [0.15, 0.2) is 0 Å². The third-order valence-electron chi connectivity index (χ3n) is 4.17. The van der Waals surface area contributed by atoms with Crippen molar-refractivity contribution >= 4 is 34.6 Å². The molecule has 0 aromatic heterocycles. The van der Waals surface area contributed by atoms with Crippen molar-refractivity contribution in [2.45, 2.75) is 6.17 Å². The minimum atomic E-state index is 0.0738. The number of nitrogens with zero attached hydrogens (tertiary/aromatic N) is 1. The molecule has 1 aliphatic heterocycles. The molecule has 0 fully saturated rings. The molecule has 1 aliphatic rings. The molecule has 0 bridgehead atoms. The van der Waals surface area contributed by atoms with Gasteiger partial charge in [-0.2, -0.15) is 0 Å². The zero-order valence-corrected chi connectivity index (χ0v) is 12.5. The van der Waals surface area contributed by atoms with Crippen molar-refractivity contribution in [3.8, 4) is 0 Å². The zero-order chi connectivity index (χ0) is 15.1. The molecule has 3 nitrogen and oxygen atoms in total. The third-order valence-corrected chi connectivity index (χ3v) is 4.17. The van der Waals surface area contributed by atoms with Crippen LogP contribution in [0.25, 0.3) is 10.8 Å². The van der Waals surface area contributed by atoms with E-state index in [4.69, 9.17) is 0 Å². The van der Waals surface area contributed by atoms with E-state index in [1.165, 1.54) is 27.7 Å². The minimum absolute atomic E-state index is 0.0738. The van der Waals surface area contributed by atoms with Crippen molar-refractivity contribution in [1.82, 2.24) is 0 Å². The summed E-state index contributed by atoms with van der Waals surface area (Å²) in [4.78, 5) is 0. The summed E-state index contributed by atoms with van der Waals surface area (Å²) in [6.45, 7) is 3.91. The summed E-state index contributed by atoms with van der Waals surface area (Å²) >= 11 is 0. The van der Waals surface area contributed by atoms with Crippen LogP contribution in [0.15, 0.2) is 60.7 Å². The van der Waals surface area contributed by atoms with Gasteiger partial charge in [0.05, 0.1) is 0 Å². The molecule has 3 heteroatoms. The quantitative estimate of drug-likeness (QED) is 0.542. The highest BCUT2D eigenvalue weighted by Crippen LogP contribution is 2.38. The molecule has 3 aromatic carbocycles. The molecule has 0 spiro atoms. The molecular formula is C19H18N3+. The maximum Gasteiger partial charge on any atom is 0.204 e. The summed E-state index contributed by atoms with van der Waals surface area (Å²) in [6, 6.07) is 21.2. The number of anilines is 2. The molecule has 0 atom stereocenters. The van der Waals surface area contributed by atoms with E-state index in [0.29, 0.717) is 0 Å². The van der Waals surface area contributed by atoms with Crippen LogP contribution in [0.4, 0.5) is 17.1 Å². The molecule has 3 aromatic rings. The van der Waals surface area contributed by atoms with Gasteiger partial charge in [0.1, 0.15) is 19.9 Å². The van der Waals surface area contributed by atoms with Gasteiger partial charge in [-0.1, -0.05) is 24.3 Å². The molecule has 22 heavy (non-hydrogen) atoms. The van der Waals surface area contributed by atoms with Crippen LogP contribution in [0.1, 0.15) is 11.7 Å². The average molecular weight is 288 g/mol. The third kappa shape index (κ3) is 2.02. The maximum atomic E-state index is 3.91. The van der Waals surface area contributed by atoms with Gasteiger partial charge in [-0.3, -0.25) is 0 Å². The zero-order valence-electron chi connectivity index (χ0n) is 12.5. The van der Waals surface area contributed by atoms with Crippen molar-refractivity contribution in [2.75, 3.05) is 17.7 Å². The minimum Gasteiger partial charge on any atom is -0.361 e. The Kier molecular flexibility index (Phi) is 2.86. The molecular weight excluding hydrogens is 270 g/mol. The Balaban J connectivity index is 1.73. The van der Waals surface area contributed by atoms with Crippen LogP contribution in [-0.4, -0.2) is 18.3 Å². The van der Waals surface area contributed by atoms with Gasteiger partial charge < -0.3 is 10.6 Å². The monoisotopic (exact) mass is 288 g/mol. The van der Waals surface area contributed by atoms with Crippen molar-refractivity contribution < 1.29 is 4.58 Å². The lowest BCUT2D eigenvalue weighted by atomic mass is 10.0. The normalized spacial score (nSPS) is 13.5. The van der Waals surface area contributed by atoms with Crippen LogP contribution >= 0.6 is 0 Å². The van der Waals surface area contributed by atoms with Crippen molar-refractivity contribution in [3.63, 3.8) is 0 Å². The van der Waals surface area contributed by atoms with Gasteiger partial charge in [0.2, 0.25) is 5.69 Å². The molecule has 1 heterocycles. The van der Waals surface area contributed by atoms with Gasteiger partial charge in [0, 0.05) is 28.9 Å². The summed E-state index contributed by atoms with van der Waals surface area (Å²) in [5.41, 5.74) is 4.66. The molecule has 2 N–H and O–H groups in total. The summed E-state index contributed by atoms with van der Waals surface area (Å²) < 4.78 is 1.86. The molecule has 0 radical (unpaired) electrons. The van der Waals surface area contributed by atoms with E-state index < -0.39 is 0 Å². The fraction of sp³-hybridized carbons (Fsp3) is 0.105. The van der Waals surface area contributed by atoms with Gasteiger partial charge in [-0.25, -0.2) is 4.58 Å². The van der Waals surface area contributed by atoms with Gasteiger partial charge >= 0.3 is 0 Å². The van der Waals surface area contributed by atoms with Crippen LogP contribution in [0.3, 0.4) is 0 Å². The summed E-state index contributed by atoms with van der Waals surface area (Å²) in [6.07, 6.45) is 0.0738. The summed E-state index contributed by atoms with van der Waals surface area (Å²) in [7, 11) is 1.95. The van der Waals surface area contributed by atoms with E-state index in [1.807, 2.05) is 11.6 Å². The Hall–Kier alpha value is -2.81. The van der Waals surface area contributed by atoms with E-state index in [0.717, 1.165) is 5.69 Å². The smallest absolute Gasteiger partial charge is 0.204 e. The SMILES string of the molecule is C=[N+](C)c1ccc(C2Nc3cccc4cccc(c34)N2)cc1. The van der Waals surface area contributed by atoms with E-state index in [9.17, 15) is 0 Å². The van der Waals surface area contributed by atoms with Crippen LogP contribution in [0.5, 0.6) is 0 Å². The fourth-order valence-electron chi connectivity index (χ4n) is 3.02. The van der Waals surface area contributed by atoms with E-state index in [2.05, 4.69) is 78.0 Å². The lowest BCUT2D eigenvalue weighted by Gasteiger charge is -2.29. The predicted octanol–water partition coefficient (Wildman–Crippen LogP) is 4.35. The highest BCUT2D eigenvalue weighted by Gasteiger charge is 2.20. The van der Waals surface area contributed by atoms with Crippen LogP contribution in [-0.2, 0) is 0 Å². The van der Waals surface area contributed by atoms with Gasteiger partial charge in [-0.05, 0) is 35.2 Å². The van der Waals surface area contributed by atoms with Gasteiger partial charge in [-0.15, -0.1) is 0 Å². The second kappa shape index (κ2) is 4.88.